The van der Waals surface area contributed by atoms with E-state index in [1.807, 2.05) is 11.9 Å². The topological polar surface area (TPSA) is 32.3 Å². The molecule has 76 valence electrons. The van der Waals surface area contributed by atoms with Crippen LogP contribution in [0.5, 0.6) is 0 Å². The zero-order chi connectivity index (χ0) is 9.84. The fourth-order valence-corrected chi connectivity index (χ4v) is 1.83. The third kappa shape index (κ3) is 2.21. The van der Waals surface area contributed by atoms with E-state index >= 15 is 0 Å². The normalized spacial score (nSPS) is 26.2. The molecule has 1 rings (SSSR count). The van der Waals surface area contributed by atoms with Gasteiger partial charge in [0.15, 0.2) is 0 Å². The van der Waals surface area contributed by atoms with E-state index in [1.165, 1.54) is 0 Å². The number of hydrogen-bond donors (Lipinski definition) is 1. The Morgan fingerprint density at radius 2 is 2.38 bits per heavy atom. The number of carbonyl (C=O) groups excluding carboxylic acids is 1. The quantitative estimate of drug-likeness (QED) is 0.709. The maximum Gasteiger partial charge on any atom is 0.239 e. The van der Waals surface area contributed by atoms with Crippen molar-refractivity contribution in [2.75, 3.05) is 13.6 Å². The molecule has 3 heteroatoms. The number of hydrogen-bond acceptors (Lipinski definition) is 2. The monoisotopic (exact) mass is 184 g/mol. The molecule has 1 aliphatic heterocycles. The van der Waals surface area contributed by atoms with E-state index in [9.17, 15) is 4.79 Å². The van der Waals surface area contributed by atoms with Crippen LogP contribution in [0, 0.1) is 0 Å². The van der Waals surface area contributed by atoms with Crippen molar-refractivity contribution < 1.29 is 4.79 Å². The average Bonchev–Trinajstić information content (AvgIpc) is 2.17. The standard InChI is InChI=1S/C10H20N2O/c1-4-8(2)12-7-5-6-9(11-3)10(12)13/h8-9,11H,4-7H2,1-3H3. The molecule has 2 atom stereocenters. The van der Waals surface area contributed by atoms with E-state index in [2.05, 4.69) is 19.2 Å². The van der Waals surface area contributed by atoms with Crippen molar-refractivity contribution in [3.8, 4) is 0 Å². The number of nitrogens with zero attached hydrogens (tertiary/aromatic N) is 1. The Balaban J connectivity index is 2.59. The van der Waals surface area contributed by atoms with Gasteiger partial charge in [0, 0.05) is 12.6 Å². The van der Waals surface area contributed by atoms with Crippen molar-refractivity contribution in [1.82, 2.24) is 10.2 Å². The van der Waals surface area contributed by atoms with Gasteiger partial charge in [0.1, 0.15) is 0 Å². The third-order valence-corrected chi connectivity index (χ3v) is 2.94. The van der Waals surface area contributed by atoms with Crippen LogP contribution in [0.2, 0.25) is 0 Å². The highest BCUT2D eigenvalue weighted by Gasteiger charge is 2.29. The summed E-state index contributed by atoms with van der Waals surface area (Å²) in [4.78, 5) is 13.8. The van der Waals surface area contributed by atoms with Crippen LogP contribution in [0.4, 0.5) is 0 Å². The van der Waals surface area contributed by atoms with Crippen LogP contribution in [0.15, 0.2) is 0 Å². The summed E-state index contributed by atoms with van der Waals surface area (Å²) in [5.41, 5.74) is 0. The van der Waals surface area contributed by atoms with Crippen LogP contribution in [-0.2, 0) is 4.79 Å². The summed E-state index contributed by atoms with van der Waals surface area (Å²) in [6.45, 7) is 5.18. The summed E-state index contributed by atoms with van der Waals surface area (Å²) in [7, 11) is 1.86. The van der Waals surface area contributed by atoms with E-state index in [0.717, 1.165) is 25.8 Å². The van der Waals surface area contributed by atoms with Crippen LogP contribution in [0.25, 0.3) is 0 Å². The molecule has 0 spiro atoms. The number of likely N-dealkylation sites (tertiary alicyclic amines) is 1. The van der Waals surface area contributed by atoms with Crippen LogP contribution in [0.1, 0.15) is 33.1 Å². The maximum atomic E-state index is 11.8. The molecule has 0 bridgehead atoms. The molecule has 1 fully saturated rings. The highest BCUT2D eigenvalue weighted by molar-refractivity contribution is 5.82. The van der Waals surface area contributed by atoms with Gasteiger partial charge >= 0.3 is 0 Å². The Morgan fingerprint density at radius 1 is 1.69 bits per heavy atom. The van der Waals surface area contributed by atoms with Gasteiger partial charge in [-0.3, -0.25) is 4.79 Å². The summed E-state index contributed by atoms with van der Waals surface area (Å²) in [5, 5.41) is 3.07. The van der Waals surface area contributed by atoms with Gasteiger partial charge in [-0.2, -0.15) is 0 Å². The minimum Gasteiger partial charge on any atom is -0.339 e. The van der Waals surface area contributed by atoms with Crippen LogP contribution in [-0.4, -0.2) is 36.5 Å². The molecule has 0 radical (unpaired) electrons. The summed E-state index contributed by atoms with van der Waals surface area (Å²) in [5.74, 6) is 0.281. The predicted molar refractivity (Wildman–Crippen MR) is 53.5 cm³/mol. The largest absolute Gasteiger partial charge is 0.339 e. The molecule has 0 saturated carbocycles. The molecule has 1 heterocycles. The zero-order valence-corrected chi connectivity index (χ0v) is 8.84. The molecule has 13 heavy (non-hydrogen) atoms. The highest BCUT2D eigenvalue weighted by Crippen LogP contribution is 2.15. The van der Waals surface area contributed by atoms with Gasteiger partial charge in [0.2, 0.25) is 5.91 Å². The number of likely N-dealkylation sites (N-methyl/N-ethyl adjacent to an activating group) is 1. The fourth-order valence-electron chi connectivity index (χ4n) is 1.83. The number of piperidine rings is 1. The summed E-state index contributed by atoms with van der Waals surface area (Å²) in [6, 6.07) is 0.450. The van der Waals surface area contributed by atoms with Crippen molar-refractivity contribution in [2.45, 2.75) is 45.2 Å². The Hall–Kier alpha value is -0.570. The van der Waals surface area contributed by atoms with Gasteiger partial charge in [0.05, 0.1) is 6.04 Å². The van der Waals surface area contributed by atoms with E-state index < -0.39 is 0 Å². The minimum absolute atomic E-state index is 0.0581. The van der Waals surface area contributed by atoms with Crippen molar-refractivity contribution in [3.63, 3.8) is 0 Å². The second-order valence-corrected chi connectivity index (χ2v) is 3.77. The molecule has 0 aliphatic carbocycles. The molecule has 1 aliphatic rings. The minimum atomic E-state index is 0.0581. The molecule has 1 N–H and O–H groups in total. The maximum absolute atomic E-state index is 11.8. The lowest BCUT2D eigenvalue weighted by Crippen LogP contribution is -2.52. The van der Waals surface area contributed by atoms with Gasteiger partial charge in [-0.05, 0) is 33.2 Å². The smallest absolute Gasteiger partial charge is 0.239 e. The van der Waals surface area contributed by atoms with Gasteiger partial charge in [-0.15, -0.1) is 0 Å². The summed E-state index contributed by atoms with van der Waals surface area (Å²) >= 11 is 0. The average molecular weight is 184 g/mol. The van der Waals surface area contributed by atoms with Gasteiger partial charge in [-0.1, -0.05) is 6.92 Å². The molecule has 1 saturated heterocycles. The summed E-state index contributed by atoms with van der Waals surface area (Å²) in [6.07, 6.45) is 3.16. The van der Waals surface area contributed by atoms with E-state index in [-0.39, 0.29) is 11.9 Å². The van der Waals surface area contributed by atoms with Gasteiger partial charge < -0.3 is 10.2 Å². The van der Waals surface area contributed by atoms with Crippen LogP contribution < -0.4 is 5.32 Å². The number of carbonyl (C=O) groups is 1. The second kappa shape index (κ2) is 4.61. The number of nitrogens with one attached hydrogen (secondary N) is 1. The first-order valence-corrected chi connectivity index (χ1v) is 5.18. The Bertz CT molecular complexity index is 182. The lowest BCUT2D eigenvalue weighted by molar-refractivity contribution is -0.138. The summed E-state index contributed by atoms with van der Waals surface area (Å²) < 4.78 is 0. The molecule has 3 nitrogen and oxygen atoms in total. The molecular formula is C10H20N2O. The first-order valence-electron chi connectivity index (χ1n) is 5.18. The first kappa shape index (κ1) is 10.5. The molecular weight excluding hydrogens is 164 g/mol. The SMILES string of the molecule is CCC(C)N1CCCC(NC)C1=O. The Kier molecular flexibility index (Phi) is 3.72. The van der Waals surface area contributed by atoms with E-state index in [4.69, 9.17) is 0 Å². The van der Waals surface area contributed by atoms with Crippen molar-refractivity contribution in [1.29, 1.82) is 0 Å². The van der Waals surface area contributed by atoms with Crippen molar-refractivity contribution in [2.24, 2.45) is 0 Å². The van der Waals surface area contributed by atoms with Crippen LogP contribution >= 0.6 is 0 Å². The molecule has 0 aromatic heterocycles. The number of rotatable bonds is 3. The van der Waals surface area contributed by atoms with Crippen molar-refractivity contribution >= 4 is 5.91 Å². The van der Waals surface area contributed by atoms with E-state index in [0.29, 0.717) is 6.04 Å². The molecule has 0 aromatic rings. The third-order valence-electron chi connectivity index (χ3n) is 2.94. The molecule has 0 aromatic carbocycles. The highest BCUT2D eigenvalue weighted by atomic mass is 16.2. The Labute approximate surface area is 80.5 Å². The lowest BCUT2D eigenvalue weighted by atomic mass is 10.0. The molecule has 2 unspecified atom stereocenters. The second-order valence-electron chi connectivity index (χ2n) is 3.77. The first-order chi connectivity index (χ1) is 6.20. The fraction of sp³-hybridized carbons (Fsp3) is 0.900. The van der Waals surface area contributed by atoms with Gasteiger partial charge in [-0.25, -0.2) is 0 Å². The van der Waals surface area contributed by atoms with Crippen molar-refractivity contribution in [3.05, 3.63) is 0 Å². The van der Waals surface area contributed by atoms with Crippen LogP contribution in [0.3, 0.4) is 0 Å². The molecule has 1 amide bonds. The number of amides is 1. The lowest BCUT2D eigenvalue weighted by Gasteiger charge is -2.36. The Morgan fingerprint density at radius 3 is 2.92 bits per heavy atom. The van der Waals surface area contributed by atoms with E-state index in [1.54, 1.807) is 0 Å². The zero-order valence-electron chi connectivity index (χ0n) is 8.84. The van der Waals surface area contributed by atoms with Gasteiger partial charge in [0.25, 0.3) is 0 Å². The predicted octanol–water partition coefficient (Wildman–Crippen LogP) is 0.995.